The Morgan fingerprint density at radius 1 is 0.780 bits per heavy atom. The minimum absolute atomic E-state index is 0.0146. The first-order chi connectivity index (χ1) is 19.1. The number of alkyl halides is 3. The van der Waals surface area contributed by atoms with E-state index in [1.807, 2.05) is 4.13 Å². The van der Waals surface area contributed by atoms with Crippen LogP contribution in [0.25, 0.3) is 4.13 Å². The van der Waals surface area contributed by atoms with Crippen molar-refractivity contribution in [3.05, 3.63) is 95.1 Å². The minimum Gasteiger partial charge on any atom is -0.465 e. The van der Waals surface area contributed by atoms with Gasteiger partial charge < -0.3 is 8.86 Å². The van der Waals surface area contributed by atoms with Crippen LogP contribution >= 0.6 is 0 Å². The Morgan fingerprint density at radius 2 is 1.17 bits per heavy atom. The second kappa shape index (κ2) is 14.9. The van der Waals surface area contributed by atoms with Crippen LogP contribution < -0.4 is 0 Å². The van der Waals surface area contributed by atoms with Crippen molar-refractivity contribution in [2.75, 3.05) is 12.4 Å². The van der Waals surface area contributed by atoms with E-state index in [1.165, 1.54) is 14.7 Å². The van der Waals surface area contributed by atoms with Crippen molar-refractivity contribution in [1.82, 2.24) is 0 Å². The van der Waals surface area contributed by atoms with E-state index in [2.05, 4.69) is 91.0 Å². The van der Waals surface area contributed by atoms with Gasteiger partial charge in [0.05, 0.1) is 32.9 Å². The molecule has 0 radical (unpaired) electrons. The average molecular weight is 632 g/mol. The van der Waals surface area contributed by atoms with Crippen LogP contribution in [0.4, 0.5) is 13.2 Å². The van der Waals surface area contributed by atoms with Gasteiger partial charge in [0.2, 0.25) is 0 Å². The van der Waals surface area contributed by atoms with E-state index >= 15 is 0 Å². The van der Waals surface area contributed by atoms with Crippen LogP contribution in [-0.4, -0.2) is 40.7 Å². The van der Waals surface area contributed by atoms with E-state index in [9.17, 15) is 34.8 Å². The van der Waals surface area contributed by atoms with E-state index in [0.717, 1.165) is 0 Å². The van der Waals surface area contributed by atoms with Gasteiger partial charge in [-0.25, -0.2) is 16.8 Å². The quantitative estimate of drug-likeness (QED) is 0.133. The Morgan fingerprint density at radius 3 is 1.51 bits per heavy atom. The number of esters is 1. The van der Waals surface area contributed by atoms with Crippen LogP contribution in [0.15, 0.2) is 106 Å². The van der Waals surface area contributed by atoms with Gasteiger partial charge in [0.25, 0.3) is 0 Å². The smallest absolute Gasteiger partial charge is 0.465 e. The van der Waals surface area contributed by atoms with Gasteiger partial charge >= 0.3 is 11.5 Å². The Labute approximate surface area is 242 Å². The second-order valence-corrected chi connectivity index (χ2v) is 14.9. The molecule has 0 aliphatic carbocycles. The number of rotatable bonds is 11. The molecular weight excluding hydrogens is 600 g/mol. The molecule has 0 saturated heterocycles. The van der Waals surface area contributed by atoms with E-state index in [-0.39, 0.29) is 23.9 Å². The van der Waals surface area contributed by atoms with Gasteiger partial charge in [0.15, 0.2) is 24.7 Å². The first-order valence-electron chi connectivity index (χ1n) is 12.4. The lowest BCUT2D eigenvalue weighted by Crippen LogP contribution is -2.27. The largest absolute Gasteiger partial charge is 0.480 e. The molecule has 7 nitrogen and oxygen atoms in total. The number of ether oxygens (including phenoxy) is 1. The summed E-state index contributed by atoms with van der Waals surface area (Å²) in [6.07, 6.45) is 0.105. The molecule has 0 heterocycles. The Kier molecular flexibility index (Phi) is 12.4. The molecule has 0 spiro atoms. The highest BCUT2D eigenvalue weighted by Crippen LogP contribution is 2.31. The Bertz CT molecular complexity index is 1360. The Hall–Kier alpha value is -2.87. The average Bonchev–Trinajstić information content (AvgIpc) is 2.92. The van der Waals surface area contributed by atoms with Crippen LogP contribution in [0.5, 0.6) is 0 Å². The van der Waals surface area contributed by atoms with Gasteiger partial charge in [-0.05, 0) is 63.1 Å². The summed E-state index contributed by atoms with van der Waals surface area (Å²) in [7, 11) is -11.0. The van der Waals surface area contributed by atoms with Crippen LogP contribution in [0.1, 0.15) is 33.6 Å². The van der Waals surface area contributed by atoms with Crippen LogP contribution in [0.2, 0.25) is 0 Å². The monoisotopic (exact) mass is 631 g/mol. The summed E-state index contributed by atoms with van der Waals surface area (Å²) in [5.41, 5.74) is -6.56. The Balaban J connectivity index is 0.000000288. The van der Waals surface area contributed by atoms with Crippen LogP contribution in [-0.2, 0) is 40.5 Å². The van der Waals surface area contributed by atoms with Crippen molar-refractivity contribution in [2.45, 2.75) is 53.8 Å². The molecular formula is C28H32F3NO6S3. The molecule has 3 rings (SSSR count). The lowest BCUT2D eigenvalue weighted by molar-refractivity contribution is -0.154. The van der Waals surface area contributed by atoms with Crippen molar-refractivity contribution in [3.63, 3.8) is 0 Å². The SMILES string of the molecule is CCC(C)(C)C(=O)OCCCS(=O)(=O)[N-]S(=O)(=O)C(F)(F)F.c1ccc([S+](c2ccccc2)c2ccccc2)cc1. The maximum Gasteiger partial charge on any atom is 0.480 e. The normalized spacial score (nSPS) is 12.4. The van der Waals surface area contributed by atoms with Gasteiger partial charge in [-0.2, -0.15) is 13.2 Å². The van der Waals surface area contributed by atoms with E-state index < -0.39 is 42.7 Å². The molecule has 0 aliphatic heterocycles. The number of carbonyl (C=O) groups excluding carboxylic acids is 1. The summed E-state index contributed by atoms with van der Waals surface area (Å²) in [6.45, 7) is 4.59. The molecule has 3 aromatic rings. The number of hydrogen-bond donors (Lipinski definition) is 0. The molecule has 0 aromatic heterocycles. The summed E-state index contributed by atoms with van der Waals surface area (Å²) >= 11 is 0. The van der Waals surface area contributed by atoms with Crippen molar-refractivity contribution in [3.8, 4) is 0 Å². The van der Waals surface area contributed by atoms with Gasteiger partial charge in [-0.1, -0.05) is 61.5 Å². The first kappa shape index (κ1) is 34.3. The molecule has 224 valence electrons. The predicted molar refractivity (Wildman–Crippen MR) is 153 cm³/mol. The maximum atomic E-state index is 12.0. The molecule has 0 fully saturated rings. The van der Waals surface area contributed by atoms with Gasteiger partial charge in [0.1, 0.15) is 0 Å². The minimum atomic E-state index is -6.11. The van der Waals surface area contributed by atoms with E-state index in [4.69, 9.17) is 4.74 Å². The third-order valence-electron chi connectivity index (χ3n) is 5.66. The van der Waals surface area contributed by atoms with Crippen molar-refractivity contribution in [2.24, 2.45) is 5.41 Å². The number of carbonyl (C=O) groups is 1. The van der Waals surface area contributed by atoms with Gasteiger partial charge in [-0.15, -0.1) is 0 Å². The molecule has 13 heteroatoms. The molecule has 0 atom stereocenters. The fourth-order valence-corrected chi connectivity index (χ4v) is 7.47. The number of sulfonamides is 2. The summed E-state index contributed by atoms with van der Waals surface area (Å²) < 4.78 is 86.3. The van der Waals surface area contributed by atoms with Gasteiger partial charge in [0, 0.05) is 5.75 Å². The van der Waals surface area contributed by atoms with Crippen molar-refractivity contribution < 1.29 is 39.5 Å². The molecule has 0 saturated carbocycles. The molecule has 3 aromatic carbocycles. The summed E-state index contributed by atoms with van der Waals surface area (Å²) in [6, 6.07) is 32.2. The molecule has 41 heavy (non-hydrogen) atoms. The molecule has 0 bridgehead atoms. The molecule has 0 unspecified atom stereocenters. The van der Waals surface area contributed by atoms with E-state index in [0.29, 0.717) is 6.42 Å². The summed E-state index contributed by atoms with van der Waals surface area (Å²) in [4.78, 5) is 15.6. The van der Waals surface area contributed by atoms with Crippen molar-refractivity contribution in [1.29, 1.82) is 0 Å². The fraction of sp³-hybridized carbons (Fsp3) is 0.321. The van der Waals surface area contributed by atoms with E-state index in [1.54, 1.807) is 20.8 Å². The summed E-state index contributed by atoms with van der Waals surface area (Å²) in [5.74, 6) is -1.57. The van der Waals surface area contributed by atoms with Gasteiger partial charge in [-0.3, -0.25) is 4.79 Å². The third-order valence-corrected chi connectivity index (χ3v) is 11.0. The zero-order chi connectivity index (χ0) is 30.7. The molecule has 0 aliphatic rings. The molecule has 0 amide bonds. The number of benzene rings is 3. The lowest BCUT2D eigenvalue weighted by Gasteiger charge is -2.22. The fourth-order valence-electron chi connectivity index (χ4n) is 3.05. The molecule has 0 N–H and O–H groups in total. The number of nitrogens with zero attached hydrogens (tertiary/aromatic N) is 1. The lowest BCUT2D eigenvalue weighted by atomic mass is 9.91. The number of halogens is 3. The topological polar surface area (TPSA) is 109 Å². The maximum absolute atomic E-state index is 12.0. The second-order valence-electron chi connectivity index (χ2n) is 9.25. The predicted octanol–water partition coefficient (Wildman–Crippen LogP) is 6.69. The zero-order valence-electron chi connectivity index (χ0n) is 22.7. The third kappa shape index (κ3) is 10.8. The van der Waals surface area contributed by atoms with Crippen LogP contribution in [0.3, 0.4) is 0 Å². The first-order valence-corrected chi connectivity index (χ1v) is 16.7. The van der Waals surface area contributed by atoms with Crippen molar-refractivity contribution >= 4 is 36.9 Å². The number of hydrogen-bond acceptors (Lipinski definition) is 6. The van der Waals surface area contributed by atoms with Crippen LogP contribution in [0, 0.1) is 5.41 Å². The highest BCUT2D eigenvalue weighted by molar-refractivity contribution is 8.12. The highest BCUT2D eigenvalue weighted by atomic mass is 32.3. The zero-order valence-corrected chi connectivity index (χ0v) is 25.2. The standard InChI is InChI=1S/C18H15S.C10H17F3NO6S2/c1-4-10-16(11-5-1)19(17-12-6-2-7-13-17)18-14-8-3-9-15-18;1-4-9(2,3)8(15)20-6-5-7-21(16,17)14-22(18,19)10(11,12)13/h1-15H;4-7H2,1-3H3/q+1;-1. The highest BCUT2D eigenvalue weighted by Gasteiger charge is 2.40. The summed E-state index contributed by atoms with van der Waals surface area (Å²) in [5, 5.41) is 0.